The number of hydrogen-bond donors (Lipinski definition) is 1. The maximum atomic E-state index is 13.0. The molecule has 3 saturated heterocycles. The highest BCUT2D eigenvalue weighted by Crippen LogP contribution is 2.45. The summed E-state index contributed by atoms with van der Waals surface area (Å²) in [6.45, 7) is 4.86. The Balaban J connectivity index is 1.46. The number of likely N-dealkylation sites (tertiary alicyclic amines) is 1. The maximum absolute atomic E-state index is 13.0. The summed E-state index contributed by atoms with van der Waals surface area (Å²) < 4.78 is 0. The second-order valence-corrected chi connectivity index (χ2v) is 8.64. The number of rotatable bonds is 3. The van der Waals surface area contributed by atoms with Crippen molar-refractivity contribution in [1.29, 1.82) is 0 Å². The largest absolute Gasteiger partial charge is 0.383 e. The minimum absolute atomic E-state index is 0.268. The van der Waals surface area contributed by atoms with E-state index in [2.05, 4.69) is 28.6 Å². The number of fused-ring (bicyclic) bond motifs is 2. The van der Waals surface area contributed by atoms with Crippen LogP contribution in [0.2, 0.25) is 0 Å². The maximum Gasteiger partial charge on any atom is 0.237 e. The van der Waals surface area contributed by atoms with Crippen molar-refractivity contribution in [1.82, 2.24) is 14.8 Å². The highest BCUT2D eigenvalue weighted by Gasteiger charge is 2.49. The van der Waals surface area contributed by atoms with Crippen LogP contribution in [0.5, 0.6) is 0 Å². The van der Waals surface area contributed by atoms with Crippen LogP contribution < -0.4 is 0 Å². The van der Waals surface area contributed by atoms with Gasteiger partial charge >= 0.3 is 0 Å². The van der Waals surface area contributed by atoms with Crippen molar-refractivity contribution in [2.75, 3.05) is 6.54 Å². The summed E-state index contributed by atoms with van der Waals surface area (Å²) in [6.07, 6.45) is 8.70. The van der Waals surface area contributed by atoms with Gasteiger partial charge in [0, 0.05) is 30.4 Å². The number of nitrogens with zero attached hydrogens (tertiary/aromatic N) is 3. The molecule has 0 aliphatic carbocycles. The van der Waals surface area contributed by atoms with E-state index in [0.717, 1.165) is 31.4 Å². The molecule has 0 spiro atoms. The molecule has 2 bridgehead atoms. The van der Waals surface area contributed by atoms with Crippen molar-refractivity contribution >= 4 is 5.91 Å². The summed E-state index contributed by atoms with van der Waals surface area (Å²) >= 11 is 0. The van der Waals surface area contributed by atoms with Crippen LogP contribution in [0.3, 0.4) is 0 Å². The third-order valence-corrected chi connectivity index (χ3v) is 6.86. The topological polar surface area (TPSA) is 56.7 Å². The summed E-state index contributed by atoms with van der Waals surface area (Å²) in [5.74, 6) is 0.268. The van der Waals surface area contributed by atoms with Crippen LogP contribution in [-0.4, -0.2) is 56.5 Å². The molecule has 5 nitrogen and oxygen atoms in total. The molecule has 3 fully saturated rings. The number of carbonyl (C=O) groups is 1. The Hall–Kier alpha value is -1.46. The summed E-state index contributed by atoms with van der Waals surface area (Å²) in [6, 6.07) is 7.00. The molecule has 26 heavy (non-hydrogen) atoms. The Morgan fingerprint density at radius 2 is 1.81 bits per heavy atom. The van der Waals surface area contributed by atoms with Crippen LogP contribution in [0.15, 0.2) is 24.4 Å². The standard InChI is InChI=1S/C21H31N3O2/c1-15-6-5-7-16(2)24(15)20(25)14-23-17-9-10-18(23)13-21(26,12-17)19-8-3-4-11-22-19/h3-4,8,11,15-18,26H,5-7,9-10,12-14H2,1-2H3. The van der Waals surface area contributed by atoms with E-state index >= 15 is 0 Å². The summed E-state index contributed by atoms with van der Waals surface area (Å²) in [5.41, 5.74) is -0.0700. The van der Waals surface area contributed by atoms with Gasteiger partial charge in [0.2, 0.25) is 5.91 Å². The number of aromatic nitrogens is 1. The lowest BCUT2D eigenvalue weighted by Gasteiger charge is -2.45. The van der Waals surface area contributed by atoms with E-state index in [1.807, 2.05) is 18.2 Å². The predicted molar refractivity (Wildman–Crippen MR) is 101 cm³/mol. The van der Waals surface area contributed by atoms with E-state index in [1.165, 1.54) is 6.42 Å². The molecule has 142 valence electrons. The number of carbonyl (C=O) groups excluding carboxylic acids is 1. The minimum Gasteiger partial charge on any atom is -0.383 e. The Morgan fingerprint density at radius 1 is 1.15 bits per heavy atom. The van der Waals surface area contributed by atoms with Gasteiger partial charge in [-0.15, -0.1) is 0 Å². The zero-order valence-electron chi connectivity index (χ0n) is 16.0. The Kier molecular flexibility index (Phi) is 4.78. The molecule has 3 aliphatic rings. The Labute approximate surface area is 156 Å². The van der Waals surface area contributed by atoms with Crippen molar-refractivity contribution in [2.45, 2.75) is 88.6 Å². The van der Waals surface area contributed by atoms with Crippen molar-refractivity contribution in [3.8, 4) is 0 Å². The molecule has 0 radical (unpaired) electrons. The fourth-order valence-corrected chi connectivity index (χ4v) is 5.57. The number of amides is 1. The first-order valence-electron chi connectivity index (χ1n) is 10.2. The number of pyridine rings is 1. The first-order chi connectivity index (χ1) is 12.5. The smallest absolute Gasteiger partial charge is 0.237 e. The van der Waals surface area contributed by atoms with Gasteiger partial charge in [-0.05, 0) is 70.9 Å². The van der Waals surface area contributed by atoms with Gasteiger partial charge in [0.1, 0.15) is 5.60 Å². The molecule has 0 aromatic carbocycles. The Bertz CT molecular complexity index is 626. The van der Waals surface area contributed by atoms with Gasteiger partial charge in [-0.2, -0.15) is 0 Å². The molecule has 3 aliphatic heterocycles. The molecule has 1 aromatic heterocycles. The molecule has 4 rings (SSSR count). The molecule has 4 unspecified atom stereocenters. The van der Waals surface area contributed by atoms with Gasteiger partial charge in [0.25, 0.3) is 0 Å². The lowest BCUT2D eigenvalue weighted by molar-refractivity contribution is -0.142. The molecule has 5 heteroatoms. The average molecular weight is 357 g/mol. The van der Waals surface area contributed by atoms with Crippen LogP contribution >= 0.6 is 0 Å². The van der Waals surface area contributed by atoms with E-state index in [-0.39, 0.29) is 18.0 Å². The van der Waals surface area contributed by atoms with Crippen molar-refractivity contribution < 1.29 is 9.90 Å². The lowest BCUT2D eigenvalue weighted by atomic mass is 9.83. The van der Waals surface area contributed by atoms with Crippen LogP contribution in [0, 0.1) is 0 Å². The summed E-state index contributed by atoms with van der Waals surface area (Å²) in [4.78, 5) is 21.9. The third kappa shape index (κ3) is 3.16. The molecule has 1 amide bonds. The van der Waals surface area contributed by atoms with Crippen molar-refractivity contribution in [2.24, 2.45) is 0 Å². The van der Waals surface area contributed by atoms with Crippen LogP contribution in [0.4, 0.5) is 0 Å². The van der Waals surface area contributed by atoms with E-state index in [4.69, 9.17) is 0 Å². The first kappa shape index (κ1) is 17.9. The number of piperidine rings is 2. The molecule has 1 N–H and O–H groups in total. The van der Waals surface area contributed by atoms with Gasteiger partial charge in [0.05, 0.1) is 12.2 Å². The van der Waals surface area contributed by atoms with Crippen LogP contribution in [0.25, 0.3) is 0 Å². The fourth-order valence-electron chi connectivity index (χ4n) is 5.57. The zero-order chi connectivity index (χ0) is 18.3. The molecule has 4 heterocycles. The summed E-state index contributed by atoms with van der Waals surface area (Å²) in [5, 5.41) is 11.2. The fraction of sp³-hybridized carbons (Fsp3) is 0.714. The molecule has 0 saturated carbocycles. The van der Waals surface area contributed by atoms with E-state index in [1.54, 1.807) is 6.20 Å². The Morgan fingerprint density at radius 3 is 2.38 bits per heavy atom. The van der Waals surface area contributed by atoms with Crippen LogP contribution in [-0.2, 0) is 10.4 Å². The summed E-state index contributed by atoms with van der Waals surface area (Å²) in [7, 11) is 0. The van der Waals surface area contributed by atoms with Gasteiger partial charge < -0.3 is 10.0 Å². The number of aliphatic hydroxyl groups is 1. The second-order valence-electron chi connectivity index (χ2n) is 8.64. The predicted octanol–water partition coefficient (Wildman–Crippen LogP) is 2.69. The van der Waals surface area contributed by atoms with E-state index in [9.17, 15) is 9.90 Å². The molecular weight excluding hydrogens is 326 g/mol. The highest BCUT2D eigenvalue weighted by molar-refractivity contribution is 5.79. The molecular formula is C21H31N3O2. The van der Waals surface area contributed by atoms with E-state index < -0.39 is 5.60 Å². The number of hydrogen-bond acceptors (Lipinski definition) is 4. The quantitative estimate of drug-likeness (QED) is 0.904. The monoisotopic (exact) mass is 357 g/mol. The van der Waals surface area contributed by atoms with Crippen molar-refractivity contribution in [3.05, 3.63) is 30.1 Å². The minimum atomic E-state index is -0.849. The van der Waals surface area contributed by atoms with Crippen molar-refractivity contribution in [3.63, 3.8) is 0 Å². The average Bonchev–Trinajstić information content (AvgIpc) is 2.86. The first-order valence-corrected chi connectivity index (χ1v) is 10.2. The third-order valence-electron chi connectivity index (χ3n) is 6.86. The highest BCUT2D eigenvalue weighted by atomic mass is 16.3. The lowest BCUT2D eigenvalue weighted by Crippen LogP contribution is -2.56. The van der Waals surface area contributed by atoms with Gasteiger partial charge in [-0.3, -0.25) is 14.7 Å². The molecule has 1 aromatic rings. The van der Waals surface area contributed by atoms with Gasteiger partial charge in [0.15, 0.2) is 0 Å². The van der Waals surface area contributed by atoms with E-state index in [0.29, 0.717) is 31.5 Å². The van der Waals surface area contributed by atoms with Gasteiger partial charge in [-0.1, -0.05) is 6.07 Å². The second kappa shape index (κ2) is 6.93. The van der Waals surface area contributed by atoms with Crippen LogP contribution in [0.1, 0.15) is 64.5 Å². The SMILES string of the molecule is CC1CCCC(C)N1C(=O)CN1C2CCC1CC(O)(c1ccccn1)C2. The molecule has 4 atom stereocenters. The zero-order valence-corrected chi connectivity index (χ0v) is 16.0. The van der Waals surface area contributed by atoms with Gasteiger partial charge in [-0.25, -0.2) is 0 Å². The normalized spacial score (nSPS) is 37.7.